The van der Waals surface area contributed by atoms with Gasteiger partial charge in [0.2, 0.25) is 5.91 Å². The highest BCUT2D eigenvalue weighted by Gasteiger charge is 2.40. The lowest BCUT2D eigenvalue weighted by Gasteiger charge is -2.39. The van der Waals surface area contributed by atoms with Gasteiger partial charge in [0.1, 0.15) is 0 Å². The van der Waals surface area contributed by atoms with Crippen molar-refractivity contribution >= 4 is 18.3 Å². The van der Waals surface area contributed by atoms with E-state index >= 15 is 0 Å². The smallest absolute Gasteiger partial charge is 0.227 e. The van der Waals surface area contributed by atoms with Gasteiger partial charge in [-0.15, -0.1) is 12.4 Å². The van der Waals surface area contributed by atoms with Crippen molar-refractivity contribution < 1.29 is 9.53 Å². The summed E-state index contributed by atoms with van der Waals surface area (Å²) in [5.41, 5.74) is 6.52. The third-order valence-electron chi connectivity index (χ3n) is 5.27. The second-order valence-electron chi connectivity index (χ2n) is 6.88. The summed E-state index contributed by atoms with van der Waals surface area (Å²) in [6.45, 7) is 7.98. The molecule has 0 aromatic heterocycles. The Balaban J connectivity index is 0.00000264. The number of nitrogens with one attached hydrogen (secondary N) is 1. The van der Waals surface area contributed by atoms with Crippen molar-refractivity contribution in [2.75, 3.05) is 19.8 Å². The third-order valence-corrected chi connectivity index (χ3v) is 5.27. The summed E-state index contributed by atoms with van der Waals surface area (Å²) in [7, 11) is 0. The molecule has 1 aliphatic rings. The minimum atomic E-state index is -0.473. The topological polar surface area (TPSA) is 64.4 Å². The van der Waals surface area contributed by atoms with Gasteiger partial charge >= 0.3 is 0 Å². The van der Waals surface area contributed by atoms with E-state index in [9.17, 15) is 4.79 Å². The second-order valence-corrected chi connectivity index (χ2v) is 6.88. The van der Waals surface area contributed by atoms with Gasteiger partial charge in [-0.25, -0.2) is 0 Å². The predicted molar refractivity (Wildman–Crippen MR) is 95.9 cm³/mol. The third kappa shape index (κ3) is 4.25. The van der Waals surface area contributed by atoms with E-state index in [-0.39, 0.29) is 29.8 Å². The maximum atomic E-state index is 12.8. The van der Waals surface area contributed by atoms with Crippen LogP contribution >= 0.6 is 12.4 Å². The fourth-order valence-corrected chi connectivity index (χ4v) is 2.93. The minimum Gasteiger partial charge on any atom is -0.381 e. The summed E-state index contributed by atoms with van der Waals surface area (Å²) in [5.74, 6) is 0.0646. The van der Waals surface area contributed by atoms with E-state index in [2.05, 4.69) is 38.2 Å². The molecule has 0 spiro atoms. The zero-order valence-corrected chi connectivity index (χ0v) is 15.1. The first-order valence-electron chi connectivity index (χ1n) is 8.07. The molecular formula is C18H29ClN2O2. The van der Waals surface area contributed by atoms with Crippen molar-refractivity contribution in [2.45, 2.75) is 45.1 Å². The van der Waals surface area contributed by atoms with Gasteiger partial charge in [-0.3, -0.25) is 4.79 Å². The van der Waals surface area contributed by atoms with Crippen molar-refractivity contribution in [3.05, 3.63) is 35.9 Å². The van der Waals surface area contributed by atoms with E-state index in [1.807, 2.05) is 18.2 Å². The first-order valence-corrected chi connectivity index (χ1v) is 8.07. The highest BCUT2D eigenvalue weighted by molar-refractivity contribution is 5.85. The van der Waals surface area contributed by atoms with Gasteiger partial charge < -0.3 is 15.8 Å². The molecule has 2 rings (SSSR count). The van der Waals surface area contributed by atoms with E-state index < -0.39 is 5.41 Å². The molecular weight excluding hydrogens is 312 g/mol. The fraction of sp³-hybridized carbons (Fsp3) is 0.611. The van der Waals surface area contributed by atoms with Gasteiger partial charge in [0.05, 0.1) is 5.41 Å². The molecule has 130 valence electrons. The average Bonchev–Trinajstić information content (AvgIpc) is 2.56. The largest absolute Gasteiger partial charge is 0.381 e. The van der Waals surface area contributed by atoms with Gasteiger partial charge in [0.15, 0.2) is 0 Å². The van der Waals surface area contributed by atoms with Crippen molar-refractivity contribution in [3.63, 3.8) is 0 Å². The molecule has 0 aliphatic carbocycles. The van der Waals surface area contributed by atoms with Crippen LogP contribution in [0.5, 0.6) is 0 Å². The standard InChI is InChI=1S/C18H28N2O2.ClH/c1-14(17(2,3)15-7-5-4-6-8-15)20-16(21)18(13-19)9-11-22-12-10-18;/h4-8,14H,9-13,19H2,1-3H3,(H,20,21);1H. The van der Waals surface area contributed by atoms with Crippen LogP contribution < -0.4 is 11.1 Å². The number of halogens is 1. The highest BCUT2D eigenvalue weighted by atomic mass is 35.5. The molecule has 1 saturated heterocycles. The lowest BCUT2D eigenvalue weighted by molar-refractivity contribution is -0.137. The number of rotatable bonds is 5. The summed E-state index contributed by atoms with van der Waals surface area (Å²) < 4.78 is 5.38. The zero-order valence-electron chi connectivity index (χ0n) is 14.3. The molecule has 1 amide bonds. The van der Waals surface area contributed by atoms with Crippen molar-refractivity contribution in [2.24, 2.45) is 11.1 Å². The highest BCUT2D eigenvalue weighted by Crippen LogP contribution is 2.32. The normalized spacial score (nSPS) is 18.6. The molecule has 23 heavy (non-hydrogen) atoms. The minimum absolute atomic E-state index is 0. The number of hydrogen-bond acceptors (Lipinski definition) is 3. The Morgan fingerprint density at radius 1 is 1.30 bits per heavy atom. The van der Waals surface area contributed by atoms with E-state index in [0.29, 0.717) is 32.6 Å². The van der Waals surface area contributed by atoms with Crippen LogP contribution in [0.15, 0.2) is 30.3 Å². The summed E-state index contributed by atoms with van der Waals surface area (Å²) in [6, 6.07) is 10.3. The monoisotopic (exact) mass is 340 g/mol. The molecule has 0 radical (unpaired) electrons. The molecule has 1 fully saturated rings. The molecule has 1 atom stereocenters. The SMILES string of the molecule is CC(NC(=O)C1(CN)CCOCC1)C(C)(C)c1ccccc1.Cl. The van der Waals surface area contributed by atoms with Gasteiger partial charge in [-0.1, -0.05) is 44.2 Å². The molecule has 0 bridgehead atoms. The molecule has 1 aromatic rings. The summed E-state index contributed by atoms with van der Waals surface area (Å²) >= 11 is 0. The van der Waals surface area contributed by atoms with Crippen LogP contribution in [0.25, 0.3) is 0 Å². The Bertz CT molecular complexity index is 499. The van der Waals surface area contributed by atoms with E-state index in [4.69, 9.17) is 10.5 Å². The van der Waals surface area contributed by atoms with E-state index in [1.165, 1.54) is 5.56 Å². The molecule has 3 N–H and O–H groups in total. The summed E-state index contributed by atoms with van der Waals surface area (Å²) in [6.07, 6.45) is 1.40. The Labute approximate surface area is 145 Å². The van der Waals surface area contributed by atoms with Crippen LogP contribution in [0.4, 0.5) is 0 Å². The Hall–Kier alpha value is -1.10. The first kappa shape index (κ1) is 19.9. The van der Waals surface area contributed by atoms with Crippen LogP contribution in [-0.4, -0.2) is 31.7 Å². The number of benzene rings is 1. The number of hydrogen-bond donors (Lipinski definition) is 2. The predicted octanol–water partition coefficient (Wildman–Crippen LogP) is 2.65. The lowest BCUT2D eigenvalue weighted by Crippen LogP contribution is -2.54. The van der Waals surface area contributed by atoms with Crippen molar-refractivity contribution in [1.29, 1.82) is 0 Å². The number of amides is 1. The zero-order chi connectivity index (χ0) is 16.2. The van der Waals surface area contributed by atoms with Crippen molar-refractivity contribution in [3.8, 4) is 0 Å². The lowest BCUT2D eigenvalue weighted by atomic mass is 9.76. The Kier molecular flexibility index (Phi) is 7.05. The van der Waals surface area contributed by atoms with E-state index in [0.717, 1.165) is 0 Å². The van der Waals surface area contributed by atoms with Crippen molar-refractivity contribution in [1.82, 2.24) is 5.32 Å². The molecule has 0 saturated carbocycles. The number of carbonyl (C=O) groups excluding carboxylic acids is 1. The maximum absolute atomic E-state index is 12.8. The molecule has 4 nitrogen and oxygen atoms in total. The number of nitrogens with two attached hydrogens (primary N) is 1. The van der Waals surface area contributed by atoms with Gasteiger partial charge in [-0.2, -0.15) is 0 Å². The Morgan fingerprint density at radius 3 is 2.39 bits per heavy atom. The Morgan fingerprint density at radius 2 is 1.87 bits per heavy atom. The summed E-state index contributed by atoms with van der Waals surface area (Å²) in [4.78, 5) is 12.8. The van der Waals surface area contributed by atoms with E-state index in [1.54, 1.807) is 0 Å². The number of carbonyl (C=O) groups is 1. The van der Waals surface area contributed by atoms with Crippen LogP contribution in [0.2, 0.25) is 0 Å². The van der Waals surface area contributed by atoms with Crippen LogP contribution in [0.1, 0.15) is 39.2 Å². The van der Waals surface area contributed by atoms with Crippen LogP contribution in [0.3, 0.4) is 0 Å². The maximum Gasteiger partial charge on any atom is 0.227 e. The van der Waals surface area contributed by atoms with Gasteiger partial charge in [-0.05, 0) is 25.3 Å². The molecule has 5 heteroatoms. The molecule has 1 heterocycles. The summed E-state index contributed by atoms with van der Waals surface area (Å²) in [5, 5.41) is 3.21. The van der Waals surface area contributed by atoms with Gasteiger partial charge in [0, 0.05) is 31.2 Å². The van der Waals surface area contributed by atoms with Crippen LogP contribution in [0, 0.1) is 5.41 Å². The molecule has 1 aliphatic heterocycles. The quantitative estimate of drug-likeness (QED) is 0.866. The number of ether oxygens (including phenoxy) is 1. The molecule has 1 unspecified atom stereocenters. The van der Waals surface area contributed by atoms with Gasteiger partial charge in [0.25, 0.3) is 0 Å². The fourth-order valence-electron chi connectivity index (χ4n) is 2.93. The molecule has 1 aromatic carbocycles. The van der Waals surface area contributed by atoms with Crippen LogP contribution in [-0.2, 0) is 14.9 Å². The average molecular weight is 341 g/mol. The second kappa shape index (κ2) is 8.13. The first-order chi connectivity index (χ1) is 10.4.